The summed E-state index contributed by atoms with van der Waals surface area (Å²) < 4.78 is 11.3. The summed E-state index contributed by atoms with van der Waals surface area (Å²) in [7, 11) is 1.65. The first-order valence-electron chi connectivity index (χ1n) is 7.69. The summed E-state index contributed by atoms with van der Waals surface area (Å²) in [5, 5.41) is 6.93. The Morgan fingerprint density at radius 3 is 2.77 bits per heavy atom. The fourth-order valence-corrected chi connectivity index (χ4v) is 2.64. The van der Waals surface area contributed by atoms with Crippen LogP contribution in [0.5, 0.6) is 17.2 Å². The number of nitrogens with one attached hydrogen (secondary N) is 2. The van der Waals surface area contributed by atoms with Gasteiger partial charge in [-0.05, 0) is 42.8 Å². The number of rotatable bonds is 6. The number of hydrogen-bond acceptors (Lipinski definition) is 4. The van der Waals surface area contributed by atoms with Gasteiger partial charge in [0, 0.05) is 19.1 Å². The summed E-state index contributed by atoms with van der Waals surface area (Å²) in [5.41, 5.74) is 1.22. The molecule has 1 saturated heterocycles. The van der Waals surface area contributed by atoms with Gasteiger partial charge < -0.3 is 20.1 Å². The molecule has 1 aliphatic rings. The molecule has 1 aliphatic heterocycles. The van der Waals surface area contributed by atoms with Crippen LogP contribution in [0.4, 0.5) is 0 Å². The van der Waals surface area contributed by atoms with Gasteiger partial charge in [0.05, 0.1) is 7.11 Å². The molecule has 2 N–H and O–H groups in total. The third kappa shape index (κ3) is 3.78. The van der Waals surface area contributed by atoms with Gasteiger partial charge >= 0.3 is 0 Å². The number of ether oxygens (including phenoxy) is 2. The van der Waals surface area contributed by atoms with Crippen LogP contribution in [0, 0.1) is 0 Å². The first kappa shape index (κ1) is 14.9. The fraction of sp³-hybridized carbons (Fsp3) is 0.333. The van der Waals surface area contributed by atoms with Crippen molar-refractivity contribution < 1.29 is 9.47 Å². The van der Waals surface area contributed by atoms with Crippen LogP contribution in [0.25, 0.3) is 0 Å². The average molecular weight is 298 g/mol. The quantitative estimate of drug-likeness (QED) is 0.860. The number of hydrogen-bond donors (Lipinski definition) is 2. The van der Waals surface area contributed by atoms with Crippen molar-refractivity contribution >= 4 is 0 Å². The molecule has 4 heteroatoms. The number of benzene rings is 2. The Hall–Kier alpha value is -2.04. The maximum absolute atomic E-state index is 5.95. The molecule has 0 spiro atoms. The van der Waals surface area contributed by atoms with E-state index in [4.69, 9.17) is 9.47 Å². The normalized spacial score (nSPS) is 17.4. The van der Waals surface area contributed by atoms with Gasteiger partial charge in [0.2, 0.25) is 0 Å². The third-order valence-electron chi connectivity index (χ3n) is 3.85. The second-order valence-corrected chi connectivity index (χ2v) is 5.47. The van der Waals surface area contributed by atoms with E-state index in [0.29, 0.717) is 6.04 Å². The van der Waals surface area contributed by atoms with Gasteiger partial charge in [-0.1, -0.05) is 24.3 Å². The van der Waals surface area contributed by atoms with Crippen molar-refractivity contribution in [3.05, 3.63) is 54.1 Å². The van der Waals surface area contributed by atoms with Crippen molar-refractivity contribution in [2.24, 2.45) is 0 Å². The number of methoxy groups -OCH3 is 1. The van der Waals surface area contributed by atoms with E-state index in [1.165, 1.54) is 12.0 Å². The van der Waals surface area contributed by atoms with Crippen LogP contribution < -0.4 is 20.1 Å². The summed E-state index contributed by atoms with van der Waals surface area (Å²) in [6.45, 7) is 3.02. The van der Waals surface area contributed by atoms with Gasteiger partial charge in [-0.2, -0.15) is 0 Å². The maximum atomic E-state index is 5.95. The first-order chi connectivity index (χ1) is 10.8. The third-order valence-corrected chi connectivity index (χ3v) is 3.85. The van der Waals surface area contributed by atoms with Crippen LogP contribution in [0.3, 0.4) is 0 Å². The largest absolute Gasteiger partial charge is 0.493 e. The van der Waals surface area contributed by atoms with Crippen molar-refractivity contribution in [1.29, 1.82) is 0 Å². The molecule has 0 amide bonds. The summed E-state index contributed by atoms with van der Waals surface area (Å²) in [4.78, 5) is 0. The smallest absolute Gasteiger partial charge is 0.169 e. The van der Waals surface area contributed by atoms with Crippen LogP contribution in [0.1, 0.15) is 12.0 Å². The first-order valence-corrected chi connectivity index (χ1v) is 7.69. The molecule has 0 unspecified atom stereocenters. The van der Waals surface area contributed by atoms with Crippen LogP contribution in [0.15, 0.2) is 48.5 Å². The van der Waals surface area contributed by atoms with Gasteiger partial charge in [-0.15, -0.1) is 0 Å². The average Bonchev–Trinajstić information content (AvgIpc) is 3.07. The summed E-state index contributed by atoms with van der Waals surface area (Å²) in [6.07, 6.45) is 1.19. The van der Waals surface area contributed by atoms with Gasteiger partial charge in [-0.3, -0.25) is 0 Å². The molecule has 4 nitrogen and oxygen atoms in total. The van der Waals surface area contributed by atoms with E-state index in [1.807, 2.05) is 36.4 Å². The van der Waals surface area contributed by atoms with Gasteiger partial charge in [0.25, 0.3) is 0 Å². The van der Waals surface area contributed by atoms with E-state index in [1.54, 1.807) is 7.11 Å². The molecule has 116 valence electrons. The molecular formula is C18H22N2O2. The lowest BCUT2D eigenvalue weighted by Crippen LogP contribution is -2.30. The fourth-order valence-electron chi connectivity index (χ4n) is 2.64. The Bertz CT molecular complexity index is 610. The Morgan fingerprint density at radius 2 is 2.00 bits per heavy atom. The second kappa shape index (κ2) is 7.29. The molecule has 0 bridgehead atoms. The molecule has 1 heterocycles. The molecule has 3 rings (SSSR count). The van der Waals surface area contributed by atoms with Crippen LogP contribution in [-0.4, -0.2) is 26.2 Å². The molecule has 0 aromatic heterocycles. The molecule has 2 aromatic carbocycles. The van der Waals surface area contributed by atoms with Crippen LogP contribution >= 0.6 is 0 Å². The zero-order valence-corrected chi connectivity index (χ0v) is 12.8. The Kier molecular flexibility index (Phi) is 4.93. The maximum Gasteiger partial charge on any atom is 0.169 e. The zero-order chi connectivity index (χ0) is 15.2. The standard InChI is InChI=1S/C18H22N2O2/c1-21-17-7-2-3-8-18(17)22-16-6-4-5-14(11-16)12-20-15-9-10-19-13-15/h2-8,11,15,19-20H,9-10,12-13H2,1H3/t15-/m1/s1. The second-order valence-electron chi connectivity index (χ2n) is 5.47. The van der Waals surface area contributed by atoms with Gasteiger partial charge in [0.15, 0.2) is 11.5 Å². The lowest BCUT2D eigenvalue weighted by atomic mass is 10.2. The minimum atomic E-state index is 0.568. The van der Waals surface area contributed by atoms with Crippen molar-refractivity contribution in [3.63, 3.8) is 0 Å². The van der Waals surface area contributed by atoms with E-state index in [0.717, 1.165) is 36.9 Å². The van der Waals surface area contributed by atoms with E-state index in [9.17, 15) is 0 Å². The summed E-state index contributed by atoms with van der Waals surface area (Å²) in [5.74, 6) is 2.30. The van der Waals surface area contributed by atoms with Crippen molar-refractivity contribution in [1.82, 2.24) is 10.6 Å². The lowest BCUT2D eigenvalue weighted by Gasteiger charge is -2.13. The molecule has 22 heavy (non-hydrogen) atoms. The SMILES string of the molecule is COc1ccccc1Oc1cccc(CN[C@@H]2CCNC2)c1. The van der Waals surface area contributed by atoms with E-state index < -0.39 is 0 Å². The highest BCUT2D eigenvalue weighted by Crippen LogP contribution is 2.31. The minimum absolute atomic E-state index is 0.568. The van der Waals surface area contributed by atoms with E-state index >= 15 is 0 Å². The molecule has 0 radical (unpaired) electrons. The highest BCUT2D eigenvalue weighted by molar-refractivity contribution is 5.43. The molecule has 1 atom stereocenters. The molecule has 0 aliphatic carbocycles. The molecule has 2 aromatic rings. The van der Waals surface area contributed by atoms with E-state index in [2.05, 4.69) is 22.8 Å². The Balaban J connectivity index is 1.65. The highest BCUT2D eigenvalue weighted by atomic mass is 16.5. The summed E-state index contributed by atoms with van der Waals surface area (Å²) >= 11 is 0. The Morgan fingerprint density at radius 1 is 1.14 bits per heavy atom. The topological polar surface area (TPSA) is 42.5 Å². The van der Waals surface area contributed by atoms with Crippen LogP contribution in [0.2, 0.25) is 0 Å². The van der Waals surface area contributed by atoms with Gasteiger partial charge in [-0.25, -0.2) is 0 Å². The lowest BCUT2D eigenvalue weighted by molar-refractivity contribution is 0.378. The number of para-hydroxylation sites is 2. The predicted molar refractivity (Wildman–Crippen MR) is 87.6 cm³/mol. The van der Waals surface area contributed by atoms with Crippen LogP contribution in [-0.2, 0) is 6.54 Å². The molecule has 1 fully saturated rings. The highest BCUT2D eigenvalue weighted by Gasteiger charge is 2.13. The zero-order valence-electron chi connectivity index (χ0n) is 12.8. The molecule has 0 saturated carbocycles. The van der Waals surface area contributed by atoms with E-state index in [-0.39, 0.29) is 0 Å². The van der Waals surface area contributed by atoms with Crippen molar-refractivity contribution in [3.8, 4) is 17.2 Å². The Labute approximate surface area is 131 Å². The monoisotopic (exact) mass is 298 g/mol. The van der Waals surface area contributed by atoms with Crippen molar-refractivity contribution in [2.75, 3.05) is 20.2 Å². The predicted octanol–water partition coefficient (Wildman–Crippen LogP) is 2.94. The molecular weight excluding hydrogens is 276 g/mol. The van der Waals surface area contributed by atoms with Gasteiger partial charge in [0.1, 0.15) is 5.75 Å². The summed E-state index contributed by atoms with van der Waals surface area (Å²) in [6, 6.07) is 16.4. The van der Waals surface area contributed by atoms with Crippen molar-refractivity contribution in [2.45, 2.75) is 19.0 Å². The minimum Gasteiger partial charge on any atom is -0.493 e.